The molecule has 0 aromatic carbocycles. The molecule has 1 amide bonds. The van der Waals surface area contributed by atoms with Crippen molar-refractivity contribution in [3.63, 3.8) is 0 Å². The molecule has 1 spiro atoms. The Morgan fingerprint density at radius 1 is 0.920 bits per heavy atom. The van der Waals surface area contributed by atoms with Crippen LogP contribution in [0.2, 0.25) is 0 Å². The lowest BCUT2D eigenvalue weighted by atomic mass is 9.88. The highest BCUT2D eigenvalue weighted by atomic mass is 19.4. The van der Waals surface area contributed by atoms with Gasteiger partial charge in [-0.05, 0) is 0 Å². The number of nitrogens with one attached hydrogen (secondary N) is 3. The van der Waals surface area contributed by atoms with Crippen molar-refractivity contribution in [1.82, 2.24) is 16.0 Å². The average molecular weight is 383 g/mol. The number of rotatable bonds is 0. The molecule has 2 heterocycles. The van der Waals surface area contributed by atoms with E-state index in [0.29, 0.717) is 6.42 Å². The zero-order valence-corrected chi connectivity index (χ0v) is 12.4. The summed E-state index contributed by atoms with van der Waals surface area (Å²) in [7, 11) is 0. The van der Waals surface area contributed by atoms with E-state index in [-0.39, 0.29) is 11.4 Å². The number of aliphatic carboxylic acids is 2. The zero-order chi connectivity index (χ0) is 19.9. The van der Waals surface area contributed by atoms with Gasteiger partial charge in [-0.25, -0.2) is 9.59 Å². The summed E-state index contributed by atoms with van der Waals surface area (Å²) in [6.07, 6.45) is -9.54. The van der Waals surface area contributed by atoms with E-state index >= 15 is 0 Å². The summed E-state index contributed by atoms with van der Waals surface area (Å²) in [6.45, 7) is 3.52. The molecule has 0 radical (unpaired) electrons. The molecule has 25 heavy (non-hydrogen) atoms. The Hall–Kier alpha value is -2.09. The summed E-state index contributed by atoms with van der Waals surface area (Å²) in [4.78, 5) is 28.9. The molecule has 14 heteroatoms. The standard InChI is InChI=1S/C7H13N3O.2C2HF3O2/c11-6-3-7(4-8-5-7)10-2-1-9-6;2*3-2(4,5)1(6)7/h8,10H,1-5H2,(H,9,11);2*(H,6,7). The highest BCUT2D eigenvalue weighted by Gasteiger charge is 2.40. The van der Waals surface area contributed by atoms with Crippen LogP contribution in [0.1, 0.15) is 6.42 Å². The van der Waals surface area contributed by atoms with Crippen LogP contribution in [0.5, 0.6) is 0 Å². The van der Waals surface area contributed by atoms with Crippen molar-refractivity contribution in [2.45, 2.75) is 24.3 Å². The van der Waals surface area contributed by atoms with E-state index in [9.17, 15) is 31.1 Å². The first-order chi connectivity index (χ1) is 11.2. The molecule has 146 valence electrons. The van der Waals surface area contributed by atoms with Crippen LogP contribution in [0.4, 0.5) is 26.3 Å². The first-order valence-corrected chi connectivity index (χ1v) is 6.52. The molecular formula is C11H15F6N3O5. The van der Waals surface area contributed by atoms with E-state index in [4.69, 9.17) is 19.8 Å². The van der Waals surface area contributed by atoms with Crippen molar-refractivity contribution in [3.05, 3.63) is 0 Å². The van der Waals surface area contributed by atoms with Gasteiger partial charge in [-0.3, -0.25) is 4.79 Å². The maximum absolute atomic E-state index is 11.1. The minimum Gasteiger partial charge on any atom is -0.475 e. The average Bonchev–Trinajstić information content (AvgIpc) is 2.59. The minimum absolute atomic E-state index is 0.0839. The summed E-state index contributed by atoms with van der Waals surface area (Å²) in [6, 6.07) is 0. The van der Waals surface area contributed by atoms with E-state index in [2.05, 4.69) is 16.0 Å². The van der Waals surface area contributed by atoms with Crippen LogP contribution in [0.25, 0.3) is 0 Å². The highest BCUT2D eigenvalue weighted by Crippen LogP contribution is 2.16. The van der Waals surface area contributed by atoms with Gasteiger partial charge in [-0.15, -0.1) is 0 Å². The molecule has 0 aromatic rings. The van der Waals surface area contributed by atoms with E-state index < -0.39 is 24.3 Å². The molecular weight excluding hydrogens is 368 g/mol. The van der Waals surface area contributed by atoms with Crippen LogP contribution in [0, 0.1) is 0 Å². The van der Waals surface area contributed by atoms with Gasteiger partial charge < -0.3 is 26.2 Å². The summed E-state index contributed by atoms with van der Waals surface area (Å²) in [5.74, 6) is -5.34. The Bertz CT molecular complexity index is 466. The molecule has 2 aliphatic rings. The van der Waals surface area contributed by atoms with Gasteiger partial charge >= 0.3 is 24.3 Å². The molecule has 2 fully saturated rings. The largest absolute Gasteiger partial charge is 0.490 e. The van der Waals surface area contributed by atoms with E-state index in [1.807, 2.05) is 0 Å². The number of amides is 1. The first kappa shape index (κ1) is 22.9. The smallest absolute Gasteiger partial charge is 0.475 e. The normalized spacial score (nSPS) is 19.0. The molecule has 0 atom stereocenters. The van der Waals surface area contributed by atoms with Crippen LogP contribution in [-0.4, -0.2) is 72.1 Å². The van der Waals surface area contributed by atoms with E-state index in [0.717, 1.165) is 26.2 Å². The van der Waals surface area contributed by atoms with Crippen molar-refractivity contribution >= 4 is 17.8 Å². The summed E-state index contributed by atoms with van der Waals surface area (Å²) in [5.41, 5.74) is 0.0839. The molecule has 0 aromatic heterocycles. The first-order valence-electron chi connectivity index (χ1n) is 6.52. The summed E-state index contributed by atoms with van der Waals surface area (Å²) >= 11 is 0. The van der Waals surface area contributed by atoms with Gasteiger partial charge in [0.1, 0.15) is 0 Å². The third-order valence-electron chi connectivity index (χ3n) is 2.86. The SMILES string of the molecule is O=C(O)C(F)(F)F.O=C(O)C(F)(F)F.O=C1CC2(CNC2)NCCN1. The molecule has 0 bridgehead atoms. The predicted molar refractivity (Wildman–Crippen MR) is 68.6 cm³/mol. The maximum Gasteiger partial charge on any atom is 0.490 e. The second-order valence-corrected chi connectivity index (χ2v) is 4.94. The second kappa shape index (κ2) is 8.84. The van der Waals surface area contributed by atoms with Crippen LogP contribution in [0.15, 0.2) is 0 Å². The molecule has 5 N–H and O–H groups in total. The number of carbonyl (C=O) groups is 3. The molecule has 2 aliphatic heterocycles. The number of hydrogen-bond donors (Lipinski definition) is 5. The monoisotopic (exact) mass is 383 g/mol. The topological polar surface area (TPSA) is 128 Å². The number of hydrogen-bond acceptors (Lipinski definition) is 5. The van der Waals surface area contributed by atoms with Crippen LogP contribution in [0.3, 0.4) is 0 Å². The number of alkyl halides is 6. The number of halogens is 6. The van der Waals surface area contributed by atoms with E-state index in [1.54, 1.807) is 0 Å². The second-order valence-electron chi connectivity index (χ2n) is 4.94. The number of carbonyl (C=O) groups excluding carboxylic acids is 1. The fraction of sp³-hybridized carbons (Fsp3) is 0.727. The Kier molecular flexibility index (Phi) is 8.11. The lowest BCUT2D eigenvalue weighted by Crippen LogP contribution is -2.68. The molecule has 0 saturated carbocycles. The molecule has 2 saturated heterocycles. The third kappa shape index (κ3) is 9.09. The van der Waals surface area contributed by atoms with Crippen LogP contribution < -0.4 is 16.0 Å². The third-order valence-corrected chi connectivity index (χ3v) is 2.86. The molecule has 8 nitrogen and oxygen atoms in total. The fourth-order valence-electron chi connectivity index (χ4n) is 1.64. The molecule has 0 aliphatic carbocycles. The Morgan fingerprint density at radius 3 is 1.60 bits per heavy atom. The van der Waals surface area contributed by atoms with Gasteiger partial charge in [0, 0.05) is 32.6 Å². The Morgan fingerprint density at radius 2 is 1.32 bits per heavy atom. The van der Waals surface area contributed by atoms with Crippen molar-refractivity contribution in [1.29, 1.82) is 0 Å². The van der Waals surface area contributed by atoms with Gasteiger partial charge in [-0.2, -0.15) is 26.3 Å². The molecule has 2 rings (SSSR count). The Labute approximate surface area is 136 Å². The predicted octanol–water partition coefficient (Wildman–Crippen LogP) is -0.295. The zero-order valence-electron chi connectivity index (χ0n) is 12.4. The fourth-order valence-corrected chi connectivity index (χ4v) is 1.64. The minimum atomic E-state index is -5.08. The van der Waals surface area contributed by atoms with Gasteiger partial charge in [0.2, 0.25) is 5.91 Å². The maximum atomic E-state index is 11.1. The van der Waals surface area contributed by atoms with Crippen molar-refractivity contribution < 1.29 is 50.9 Å². The van der Waals surface area contributed by atoms with Gasteiger partial charge in [0.05, 0.1) is 5.54 Å². The summed E-state index contributed by atoms with van der Waals surface area (Å²) < 4.78 is 63.5. The number of carboxylic acids is 2. The van der Waals surface area contributed by atoms with Gasteiger partial charge in [0.25, 0.3) is 0 Å². The van der Waals surface area contributed by atoms with Crippen LogP contribution >= 0.6 is 0 Å². The van der Waals surface area contributed by atoms with Crippen molar-refractivity contribution in [2.75, 3.05) is 26.2 Å². The van der Waals surface area contributed by atoms with Gasteiger partial charge in [0.15, 0.2) is 0 Å². The van der Waals surface area contributed by atoms with Crippen molar-refractivity contribution in [3.8, 4) is 0 Å². The summed E-state index contributed by atoms with van der Waals surface area (Å²) in [5, 5.41) is 23.6. The highest BCUT2D eigenvalue weighted by molar-refractivity contribution is 5.78. The van der Waals surface area contributed by atoms with Gasteiger partial charge in [-0.1, -0.05) is 0 Å². The Balaban J connectivity index is 0.000000366. The van der Waals surface area contributed by atoms with Crippen molar-refractivity contribution in [2.24, 2.45) is 0 Å². The molecule has 0 unspecified atom stereocenters. The quantitative estimate of drug-likeness (QED) is 0.364. The van der Waals surface area contributed by atoms with Crippen LogP contribution in [-0.2, 0) is 14.4 Å². The lowest BCUT2D eigenvalue weighted by Gasteiger charge is -2.41. The number of carboxylic acid groups (broad SMARTS) is 2. The van der Waals surface area contributed by atoms with E-state index in [1.165, 1.54) is 0 Å². The lowest BCUT2D eigenvalue weighted by molar-refractivity contribution is -0.193.